The summed E-state index contributed by atoms with van der Waals surface area (Å²) in [5.74, 6) is -0.725. The van der Waals surface area contributed by atoms with Crippen LogP contribution in [0.5, 0.6) is 0 Å². The Labute approximate surface area is 93.7 Å². The maximum absolute atomic E-state index is 11.5. The van der Waals surface area contributed by atoms with Crippen molar-refractivity contribution in [3.8, 4) is 0 Å². The Morgan fingerprint density at radius 1 is 1.25 bits per heavy atom. The first-order chi connectivity index (χ1) is 7.37. The molecule has 0 saturated carbocycles. The van der Waals surface area contributed by atoms with Crippen LogP contribution in [-0.4, -0.2) is 52.1 Å². The fourth-order valence-electron chi connectivity index (χ4n) is 0.787. The molecule has 0 unspecified atom stereocenters. The topological polar surface area (TPSA) is 102 Å². The molecule has 0 saturated heterocycles. The number of carbonyl (C=O) groups is 2. The second-order valence-corrected chi connectivity index (χ2v) is 4.27. The molecule has 0 aromatic carbocycles. The summed E-state index contributed by atoms with van der Waals surface area (Å²) in [5, 5.41) is 0. The molecule has 94 valence electrons. The number of nitrogens with one attached hydrogen (secondary N) is 1. The van der Waals surface area contributed by atoms with E-state index in [1.54, 1.807) is 4.72 Å². The summed E-state index contributed by atoms with van der Waals surface area (Å²) in [6.07, 6.45) is -1.12. The molecule has 9 heteroatoms. The van der Waals surface area contributed by atoms with E-state index in [1.165, 1.54) is 6.92 Å². The summed E-state index contributed by atoms with van der Waals surface area (Å²) < 4.78 is 33.8. The summed E-state index contributed by atoms with van der Waals surface area (Å²) >= 11 is 0. The minimum atomic E-state index is -4.08. The summed E-state index contributed by atoms with van der Waals surface area (Å²) in [7, 11) is -1.92. The van der Waals surface area contributed by atoms with Crippen molar-refractivity contribution in [1.82, 2.24) is 9.03 Å². The number of ether oxygens (including phenoxy) is 2. The van der Waals surface area contributed by atoms with E-state index < -0.39 is 28.8 Å². The van der Waals surface area contributed by atoms with Gasteiger partial charge >= 0.3 is 22.3 Å². The molecule has 0 aliphatic heterocycles. The second-order valence-electron chi connectivity index (χ2n) is 2.60. The van der Waals surface area contributed by atoms with Crippen molar-refractivity contribution in [3.63, 3.8) is 0 Å². The molecule has 0 bridgehead atoms. The summed E-state index contributed by atoms with van der Waals surface area (Å²) in [6.45, 7) is 1.06. The van der Waals surface area contributed by atoms with Crippen molar-refractivity contribution >= 4 is 22.3 Å². The van der Waals surface area contributed by atoms with Crippen LogP contribution in [0.4, 0.5) is 4.79 Å². The Morgan fingerprint density at radius 2 is 1.81 bits per heavy atom. The number of carbonyl (C=O) groups excluding carboxylic acids is 2. The zero-order chi connectivity index (χ0) is 12.8. The average Bonchev–Trinajstić information content (AvgIpc) is 2.24. The molecule has 0 aliphatic carbocycles. The van der Waals surface area contributed by atoms with E-state index in [0.29, 0.717) is 0 Å². The van der Waals surface area contributed by atoms with Gasteiger partial charge in [-0.3, -0.25) is 4.79 Å². The molecule has 0 spiro atoms. The van der Waals surface area contributed by atoms with Crippen molar-refractivity contribution in [1.29, 1.82) is 0 Å². The van der Waals surface area contributed by atoms with Crippen LogP contribution in [0.15, 0.2) is 0 Å². The summed E-state index contributed by atoms with van der Waals surface area (Å²) in [4.78, 5) is 21.7. The smallest absolute Gasteiger partial charge is 0.421 e. The average molecular weight is 254 g/mol. The van der Waals surface area contributed by atoms with E-state index in [2.05, 4.69) is 9.47 Å². The van der Waals surface area contributed by atoms with Crippen LogP contribution in [0.3, 0.4) is 0 Å². The lowest BCUT2D eigenvalue weighted by atomic mass is 10.6. The van der Waals surface area contributed by atoms with Gasteiger partial charge in [0, 0.05) is 6.54 Å². The van der Waals surface area contributed by atoms with Crippen LogP contribution in [0, 0.1) is 0 Å². The van der Waals surface area contributed by atoms with E-state index in [4.69, 9.17) is 0 Å². The number of hydrogen-bond acceptors (Lipinski definition) is 6. The van der Waals surface area contributed by atoms with E-state index in [-0.39, 0.29) is 6.54 Å². The molecule has 1 amide bonds. The Bertz CT molecular complexity index is 352. The van der Waals surface area contributed by atoms with Crippen LogP contribution >= 0.6 is 0 Å². The maximum Gasteiger partial charge on any atom is 0.421 e. The molecule has 0 aromatic heterocycles. The van der Waals surface area contributed by atoms with Gasteiger partial charge in [-0.1, -0.05) is 6.92 Å². The zero-order valence-corrected chi connectivity index (χ0v) is 10.0. The van der Waals surface area contributed by atoms with Gasteiger partial charge in [-0.25, -0.2) is 9.52 Å². The van der Waals surface area contributed by atoms with Crippen LogP contribution in [-0.2, 0) is 24.5 Å². The molecule has 16 heavy (non-hydrogen) atoms. The van der Waals surface area contributed by atoms with Gasteiger partial charge < -0.3 is 9.47 Å². The molecule has 0 aromatic rings. The molecule has 0 atom stereocenters. The Hall–Kier alpha value is -1.35. The highest BCUT2D eigenvalue weighted by molar-refractivity contribution is 7.87. The zero-order valence-electron chi connectivity index (χ0n) is 9.22. The standard InChI is InChI=1S/C7H14N2O6S/c1-4-9(5-6(10)14-2)16(12,13)8-7(11)15-3/h4-5H2,1-3H3,(H,8,11). The number of nitrogens with zero attached hydrogens (tertiary/aromatic N) is 1. The van der Waals surface area contributed by atoms with Crippen molar-refractivity contribution in [3.05, 3.63) is 0 Å². The second kappa shape index (κ2) is 6.28. The lowest BCUT2D eigenvalue weighted by Crippen LogP contribution is -2.45. The molecule has 0 heterocycles. The fourth-order valence-corrected chi connectivity index (χ4v) is 1.83. The number of likely N-dealkylation sites (N-methyl/N-ethyl adjacent to an activating group) is 1. The normalized spacial score (nSPS) is 11.0. The van der Waals surface area contributed by atoms with E-state index in [1.807, 2.05) is 0 Å². The molecule has 0 radical (unpaired) electrons. The number of amides is 1. The van der Waals surface area contributed by atoms with E-state index in [9.17, 15) is 18.0 Å². The largest absolute Gasteiger partial charge is 0.468 e. The first-order valence-electron chi connectivity index (χ1n) is 4.30. The van der Waals surface area contributed by atoms with Crippen LogP contribution in [0.25, 0.3) is 0 Å². The molecule has 8 nitrogen and oxygen atoms in total. The monoisotopic (exact) mass is 254 g/mol. The van der Waals surface area contributed by atoms with Gasteiger partial charge in [0.15, 0.2) is 0 Å². The van der Waals surface area contributed by atoms with Crippen molar-refractivity contribution in [2.75, 3.05) is 27.3 Å². The van der Waals surface area contributed by atoms with E-state index in [0.717, 1.165) is 18.5 Å². The number of hydrogen-bond donors (Lipinski definition) is 1. The SMILES string of the molecule is CCN(CC(=O)OC)S(=O)(=O)NC(=O)OC. The number of rotatable bonds is 5. The van der Waals surface area contributed by atoms with Gasteiger partial charge in [0.1, 0.15) is 6.54 Å². The lowest BCUT2D eigenvalue weighted by Gasteiger charge is -2.18. The van der Waals surface area contributed by atoms with Gasteiger partial charge in [0.05, 0.1) is 14.2 Å². The lowest BCUT2D eigenvalue weighted by molar-refractivity contribution is -0.140. The van der Waals surface area contributed by atoms with E-state index >= 15 is 0 Å². The predicted octanol–water partition coefficient (Wildman–Crippen LogP) is -0.918. The first kappa shape index (κ1) is 14.6. The van der Waals surface area contributed by atoms with Gasteiger partial charge in [0.2, 0.25) is 0 Å². The Morgan fingerprint density at radius 3 is 2.19 bits per heavy atom. The molecule has 0 fully saturated rings. The third-order valence-electron chi connectivity index (χ3n) is 1.62. The number of esters is 1. The Kier molecular flexibility index (Phi) is 5.75. The van der Waals surface area contributed by atoms with Crippen LogP contribution < -0.4 is 4.72 Å². The van der Waals surface area contributed by atoms with Gasteiger partial charge in [0.25, 0.3) is 0 Å². The maximum atomic E-state index is 11.5. The molecular weight excluding hydrogens is 240 g/mol. The number of methoxy groups -OCH3 is 2. The van der Waals surface area contributed by atoms with Crippen molar-refractivity contribution in [2.45, 2.75) is 6.92 Å². The molecule has 0 rings (SSSR count). The summed E-state index contributed by atoms with van der Waals surface area (Å²) in [6, 6.07) is 0. The van der Waals surface area contributed by atoms with Crippen LogP contribution in [0.1, 0.15) is 6.92 Å². The van der Waals surface area contributed by atoms with Crippen molar-refractivity contribution < 1.29 is 27.5 Å². The van der Waals surface area contributed by atoms with Gasteiger partial charge in [-0.2, -0.15) is 12.7 Å². The fraction of sp³-hybridized carbons (Fsp3) is 0.714. The minimum Gasteiger partial charge on any atom is -0.468 e. The van der Waals surface area contributed by atoms with Gasteiger partial charge in [-0.05, 0) is 0 Å². The highest BCUT2D eigenvalue weighted by atomic mass is 32.2. The highest BCUT2D eigenvalue weighted by Crippen LogP contribution is 1.98. The molecular formula is C7H14N2O6S. The highest BCUT2D eigenvalue weighted by Gasteiger charge is 2.25. The summed E-state index contributed by atoms with van der Waals surface area (Å²) in [5.41, 5.74) is 0. The Balaban J connectivity index is 4.68. The third kappa shape index (κ3) is 4.45. The molecule has 0 aliphatic rings. The predicted molar refractivity (Wildman–Crippen MR) is 53.7 cm³/mol. The third-order valence-corrected chi connectivity index (χ3v) is 3.12. The van der Waals surface area contributed by atoms with Crippen molar-refractivity contribution in [2.24, 2.45) is 0 Å². The van der Waals surface area contributed by atoms with Crippen LogP contribution in [0.2, 0.25) is 0 Å². The minimum absolute atomic E-state index is 0.0153. The quantitative estimate of drug-likeness (QED) is 0.637. The first-order valence-corrected chi connectivity index (χ1v) is 5.74. The molecule has 1 N–H and O–H groups in total. The van der Waals surface area contributed by atoms with Gasteiger partial charge in [-0.15, -0.1) is 0 Å².